The third-order valence-corrected chi connectivity index (χ3v) is 3.61. The normalized spacial score (nSPS) is 10.5. The molecule has 7 nitrogen and oxygen atoms in total. The van der Waals surface area contributed by atoms with Crippen LogP contribution in [0.2, 0.25) is 0 Å². The molecule has 0 heterocycles. The van der Waals surface area contributed by atoms with Gasteiger partial charge in [-0.05, 0) is 25.1 Å². The lowest BCUT2D eigenvalue weighted by molar-refractivity contribution is -0.385. The molecule has 0 unspecified atom stereocenters. The number of nitro groups is 1. The molecular formula is C18H18N2O5. The second-order valence-corrected chi connectivity index (χ2v) is 5.11. The topological polar surface area (TPSA) is 90.7 Å². The van der Waals surface area contributed by atoms with Crippen LogP contribution in [0, 0.1) is 17.0 Å². The number of carbonyl (C=O) groups is 1. The Morgan fingerprint density at radius 2 is 1.88 bits per heavy atom. The van der Waals surface area contributed by atoms with E-state index in [1.807, 2.05) is 0 Å². The Bertz CT molecular complexity index is 830. The van der Waals surface area contributed by atoms with Crippen molar-refractivity contribution in [1.29, 1.82) is 0 Å². The molecular weight excluding hydrogens is 324 g/mol. The Balaban J connectivity index is 2.20. The number of carbonyl (C=O) groups excluding carboxylic acids is 1. The van der Waals surface area contributed by atoms with Crippen molar-refractivity contribution in [2.45, 2.75) is 6.92 Å². The lowest BCUT2D eigenvalue weighted by atomic mass is 10.1. The number of ether oxygens (including phenoxy) is 2. The summed E-state index contributed by atoms with van der Waals surface area (Å²) in [4.78, 5) is 22.6. The van der Waals surface area contributed by atoms with Crippen molar-refractivity contribution in [1.82, 2.24) is 0 Å². The summed E-state index contributed by atoms with van der Waals surface area (Å²) >= 11 is 0. The number of anilines is 1. The summed E-state index contributed by atoms with van der Waals surface area (Å²) in [5.41, 5.74) is 1.42. The lowest BCUT2D eigenvalue weighted by Crippen LogP contribution is -2.09. The van der Waals surface area contributed by atoms with Crippen LogP contribution in [-0.2, 0) is 4.79 Å². The van der Waals surface area contributed by atoms with E-state index in [1.165, 1.54) is 32.4 Å². The van der Waals surface area contributed by atoms with Crippen LogP contribution in [0.5, 0.6) is 11.5 Å². The Labute approximate surface area is 145 Å². The number of hydrogen-bond acceptors (Lipinski definition) is 5. The quantitative estimate of drug-likeness (QED) is 0.492. The van der Waals surface area contributed by atoms with Crippen LogP contribution in [0.1, 0.15) is 11.1 Å². The number of nitrogens with zero attached hydrogens (tertiary/aromatic N) is 1. The molecule has 130 valence electrons. The van der Waals surface area contributed by atoms with Crippen molar-refractivity contribution in [3.05, 3.63) is 63.7 Å². The van der Waals surface area contributed by atoms with Crippen LogP contribution in [0.15, 0.2) is 42.5 Å². The molecule has 0 spiro atoms. The molecule has 1 N–H and O–H groups in total. The molecule has 0 radical (unpaired) electrons. The van der Waals surface area contributed by atoms with Crippen molar-refractivity contribution in [2.24, 2.45) is 0 Å². The molecule has 0 aliphatic carbocycles. The van der Waals surface area contributed by atoms with E-state index in [4.69, 9.17) is 9.47 Å². The number of hydrogen-bond donors (Lipinski definition) is 1. The summed E-state index contributed by atoms with van der Waals surface area (Å²) in [6.07, 6.45) is 2.92. The maximum atomic E-state index is 12.1. The SMILES string of the molecule is COc1cccc(/C=C/C(=O)Nc2cccc([N+](=O)[O-])c2C)c1OC. The standard InChI is InChI=1S/C18H18N2O5/c1-12-14(7-5-8-15(12)20(22)23)19-17(21)11-10-13-6-4-9-16(24-2)18(13)25-3/h4-11H,1-3H3,(H,19,21)/b11-10+. The van der Waals surface area contributed by atoms with E-state index in [2.05, 4.69) is 5.32 Å². The number of nitro benzene ring substituents is 1. The predicted octanol–water partition coefficient (Wildman–Crippen LogP) is 3.57. The summed E-state index contributed by atoms with van der Waals surface area (Å²) in [6.45, 7) is 1.59. The number of para-hydroxylation sites is 1. The van der Waals surface area contributed by atoms with Gasteiger partial charge in [0.05, 0.1) is 30.4 Å². The third kappa shape index (κ3) is 4.14. The molecule has 7 heteroatoms. The Kier molecular flexibility index (Phi) is 5.73. The van der Waals surface area contributed by atoms with E-state index >= 15 is 0 Å². The minimum atomic E-state index is -0.484. The van der Waals surface area contributed by atoms with Crippen LogP contribution in [0.4, 0.5) is 11.4 Å². The first-order valence-electron chi connectivity index (χ1n) is 7.42. The van der Waals surface area contributed by atoms with Crippen molar-refractivity contribution in [3.8, 4) is 11.5 Å². The number of methoxy groups -OCH3 is 2. The molecule has 2 rings (SSSR count). The van der Waals surface area contributed by atoms with Gasteiger partial charge in [-0.1, -0.05) is 18.2 Å². The zero-order valence-electron chi connectivity index (χ0n) is 14.1. The Morgan fingerprint density at radius 3 is 2.52 bits per heavy atom. The average molecular weight is 342 g/mol. The summed E-state index contributed by atoms with van der Waals surface area (Å²) in [5, 5.41) is 13.6. The van der Waals surface area contributed by atoms with E-state index in [-0.39, 0.29) is 5.69 Å². The predicted molar refractivity (Wildman–Crippen MR) is 95.0 cm³/mol. The Morgan fingerprint density at radius 1 is 1.16 bits per heavy atom. The van der Waals surface area contributed by atoms with Gasteiger partial charge >= 0.3 is 0 Å². The van der Waals surface area contributed by atoms with Crippen LogP contribution < -0.4 is 14.8 Å². The maximum absolute atomic E-state index is 12.1. The van der Waals surface area contributed by atoms with Gasteiger partial charge in [-0.25, -0.2) is 0 Å². The lowest BCUT2D eigenvalue weighted by Gasteiger charge is -2.10. The van der Waals surface area contributed by atoms with Crippen molar-refractivity contribution < 1.29 is 19.2 Å². The largest absolute Gasteiger partial charge is 0.493 e. The van der Waals surface area contributed by atoms with Crippen LogP contribution in [0.3, 0.4) is 0 Å². The van der Waals surface area contributed by atoms with Crippen molar-refractivity contribution >= 4 is 23.4 Å². The number of benzene rings is 2. The van der Waals surface area contributed by atoms with Crippen molar-refractivity contribution in [3.63, 3.8) is 0 Å². The highest BCUT2D eigenvalue weighted by Crippen LogP contribution is 2.31. The summed E-state index contributed by atoms with van der Waals surface area (Å²) in [7, 11) is 3.05. The molecule has 0 bridgehead atoms. The van der Waals surface area contributed by atoms with Gasteiger partial charge in [-0.15, -0.1) is 0 Å². The Hall–Kier alpha value is -3.35. The fraction of sp³-hybridized carbons (Fsp3) is 0.167. The van der Waals surface area contributed by atoms with Gasteiger partial charge in [0, 0.05) is 17.7 Å². The van der Waals surface area contributed by atoms with E-state index in [0.29, 0.717) is 28.3 Å². The minimum Gasteiger partial charge on any atom is -0.493 e. The van der Waals surface area contributed by atoms with E-state index in [1.54, 1.807) is 37.3 Å². The molecule has 25 heavy (non-hydrogen) atoms. The van der Waals surface area contributed by atoms with E-state index < -0.39 is 10.8 Å². The van der Waals surface area contributed by atoms with Crippen LogP contribution in [0.25, 0.3) is 6.08 Å². The maximum Gasteiger partial charge on any atom is 0.274 e. The molecule has 0 aliphatic rings. The van der Waals surface area contributed by atoms with Crippen molar-refractivity contribution in [2.75, 3.05) is 19.5 Å². The highest BCUT2D eigenvalue weighted by molar-refractivity contribution is 6.02. The molecule has 0 aliphatic heterocycles. The number of amides is 1. The minimum absolute atomic E-state index is 0.0451. The second-order valence-electron chi connectivity index (χ2n) is 5.11. The van der Waals surface area contributed by atoms with Gasteiger partial charge in [0.25, 0.3) is 5.69 Å². The molecule has 0 fully saturated rings. The van der Waals surface area contributed by atoms with Gasteiger partial charge in [0.1, 0.15) is 0 Å². The van der Waals surface area contributed by atoms with Crippen LogP contribution >= 0.6 is 0 Å². The third-order valence-electron chi connectivity index (χ3n) is 3.61. The number of rotatable bonds is 6. The highest BCUT2D eigenvalue weighted by Gasteiger charge is 2.14. The first-order valence-corrected chi connectivity index (χ1v) is 7.42. The van der Waals surface area contributed by atoms with Gasteiger partial charge < -0.3 is 14.8 Å². The van der Waals surface area contributed by atoms with E-state index in [0.717, 1.165) is 0 Å². The molecule has 0 aromatic heterocycles. The molecule has 0 atom stereocenters. The van der Waals surface area contributed by atoms with Gasteiger partial charge in [0.15, 0.2) is 11.5 Å². The fourth-order valence-corrected chi connectivity index (χ4v) is 2.34. The van der Waals surface area contributed by atoms with Crippen LogP contribution in [-0.4, -0.2) is 25.1 Å². The van der Waals surface area contributed by atoms with Gasteiger partial charge in [-0.3, -0.25) is 14.9 Å². The summed E-state index contributed by atoms with van der Waals surface area (Å²) in [6, 6.07) is 9.84. The highest BCUT2D eigenvalue weighted by atomic mass is 16.6. The monoisotopic (exact) mass is 342 g/mol. The zero-order chi connectivity index (χ0) is 18.4. The smallest absolute Gasteiger partial charge is 0.274 e. The zero-order valence-corrected chi connectivity index (χ0v) is 14.1. The van der Waals surface area contributed by atoms with Gasteiger partial charge in [-0.2, -0.15) is 0 Å². The molecule has 2 aromatic carbocycles. The number of nitrogens with one attached hydrogen (secondary N) is 1. The molecule has 0 saturated carbocycles. The van der Waals surface area contributed by atoms with E-state index in [9.17, 15) is 14.9 Å². The first kappa shape index (κ1) is 18.0. The molecule has 0 saturated heterocycles. The average Bonchev–Trinajstić information content (AvgIpc) is 2.60. The molecule has 1 amide bonds. The van der Waals surface area contributed by atoms with Gasteiger partial charge in [0.2, 0.25) is 5.91 Å². The first-order chi connectivity index (χ1) is 12.0. The summed E-state index contributed by atoms with van der Waals surface area (Å²) in [5.74, 6) is 0.661. The summed E-state index contributed by atoms with van der Waals surface area (Å²) < 4.78 is 10.5. The second kappa shape index (κ2) is 7.96. The molecule has 2 aromatic rings. The fourth-order valence-electron chi connectivity index (χ4n) is 2.34.